The van der Waals surface area contributed by atoms with Crippen LogP contribution in [-0.4, -0.2) is 42.5 Å². The molecule has 1 fully saturated rings. The van der Waals surface area contributed by atoms with Gasteiger partial charge in [-0.05, 0) is 24.8 Å². The van der Waals surface area contributed by atoms with Crippen LogP contribution >= 0.6 is 23.2 Å². The van der Waals surface area contributed by atoms with Crippen LogP contribution in [0.25, 0.3) is 0 Å². The largest absolute Gasteiger partial charge is 0.396 e. The average Bonchev–Trinajstić information content (AvgIpc) is 2.82. The zero-order chi connectivity index (χ0) is 14.0. The second-order valence-electron chi connectivity index (χ2n) is 4.47. The molecule has 2 heterocycles. The summed E-state index contributed by atoms with van der Waals surface area (Å²) in [6, 6.07) is 1.31. The van der Waals surface area contributed by atoms with E-state index in [1.165, 1.54) is 16.6 Å². The van der Waals surface area contributed by atoms with Crippen molar-refractivity contribution in [1.82, 2.24) is 9.29 Å². The predicted octanol–water partition coefficient (Wildman–Crippen LogP) is 1.78. The van der Waals surface area contributed by atoms with Crippen molar-refractivity contribution in [2.75, 3.05) is 19.7 Å². The van der Waals surface area contributed by atoms with Gasteiger partial charge in [0.2, 0.25) is 10.0 Å². The summed E-state index contributed by atoms with van der Waals surface area (Å²) in [6.45, 7) is 0.948. The third-order valence-electron chi connectivity index (χ3n) is 3.19. The first kappa shape index (κ1) is 15.0. The summed E-state index contributed by atoms with van der Waals surface area (Å²) in [4.78, 5) is 3.81. The Morgan fingerprint density at radius 2 is 2.21 bits per heavy atom. The van der Waals surface area contributed by atoms with E-state index in [0.29, 0.717) is 19.5 Å². The number of aromatic nitrogens is 1. The van der Waals surface area contributed by atoms with Gasteiger partial charge in [-0.3, -0.25) is 0 Å². The fraction of sp³-hybridized carbons (Fsp3) is 0.545. The maximum absolute atomic E-state index is 12.4. The van der Waals surface area contributed by atoms with Gasteiger partial charge < -0.3 is 5.11 Å². The molecule has 0 amide bonds. The van der Waals surface area contributed by atoms with Gasteiger partial charge in [-0.25, -0.2) is 13.4 Å². The van der Waals surface area contributed by atoms with Gasteiger partial charge >= 0.3 is 0 Å². The highest BCUT2D eigenvalue weighted by Gasteiger charge is 2.32. The molecule has 2 rings (SSSR count). The lowest BCUT2D eigenvalue weighted by atomic mass is 10.1. The van der Waals surface area contributed by atoms with Crippen molar-refractivity contribution in [1.29, 1.82) is 0 Å². The summed E-state index contributed by atoms with van der Waals surface area (Å²) in [7, 11) is -3.58. The molecule has 0 saturated carbocycles. The normalized spacial score (nSPS) is 20.9. The number of nitrogens with zero attached hydrogens (tertiary/aromatic N) is 2. The van der Waals surface area contributed by atoms with Crippen LogP contribution in [0.5, 0.6) is 0 Å². The molecule has 1 saturated heterocycles. The number of rotatable bonds is 4. The minimum absolute atomic E-state index is 0.0477. The Hall–Kier alpha value is -0.400. The molecule has 1 aliphatic heterocycles. The maximum atomic E-state index is 12.4. The summed E-state index contributed by atoms with van der Waals surface area (Å²) in [5.41, 5.74) is 0. The Morgan fingerprint density at radius 1 is 1.47 bits per heavy atom. The molecule has 5 nitrogen and oxygen atoms in total. The molecule has 19 heavy (non-hydrogen) atoms. The van der Waals surface area contributed by atoms with Crippen LogP contribution in [-0.2, 0) is 10.0 Å². The molecule has 0 aliphatic carbocycles. The average molecular weight is 325 g/mol. The van der Waals surface area contributed by atoms with E-state index in [1.54, 1.807) is 0 Å². The van der Waals surface area contributed by atoms with Crippen LogP contribution in [0.3, 0.4) is 0 Å². The quantitative estimate of drug-likeness (QED) is 0.857. The van der Waals surface area contributed by atoms with Crippen molar-refractivity contribution >= 4 is 33.2 Å². The molecule has 1 aromatic rings. The van der Waals surface area contributed by atoms with E-state index in [9.17, 15) is 8.42 Å². The minimum Gasteiger partial charge on any atom is -0.396 e. The van der Waals surface area contributed by atoms with Crippen molar-refractivity contribution in [2.24, 2.45) is 5.92 Å². The van der Waals surface area contributed by atoms with E-state index < -0.39 is 10.0 Å². The van der Waals surface area contributed by atoms with Crippen LogP contribution in [0.1, 0.15) is 12.8 Å². The molecule has 1 aromatic heterocycles. The van der Waals surface area contributed by atoms with E-state index in [2.05, 4.69) is 4.98 Å². The highest BCUT2D eigenvalue weighted by atomic mass is 35.5. The monoisotopic (exact) mass is 324 g/mol. The molecule has 0 radical (unpaired) electrons. The molecule has 0 bridgehead atoms. The van der Waals surface area contributed by atoms with Crippen molar-refractivity contribution in [2.45, 2.75) is 17.7 Å². The van der Waals surface area contributed by atoms with Gasteiger partial charge in [0.25, 0.3) is 0 Å². The van der Waals surface area contributed by atoms with Crippen LogP contribution in [0, 0.1) is 5.92 Å². The number of aliphatic hydroxyl groups excluding tert-OH is 1. The molecule has 8 heteroatoms. The smallest absolute Gasteiger partial charge is 0.244 e. The number of hydrogen-bond donors (Lipinski definition) is 1. The molecule has 1 N–H and O–H groups in total. The Bertz CT molecular complexity index is 565. The number of sulfonamides is 1. The van der Waals surface area contributed by atoms with Gasteiger partial charge in [-0.2, -0.15) is 4.31 Å². The van der Waals surface area contributed by atoms with Crippen molar-refractivity contribution in [3.63, 3.8) is 0 Å². The van der Waals surface area contributed by atoms with Crippen LogP contribution < -0.4 is 0 Å². The van der Waals surface area contributed by atoms with Crippen LogP contribution in [0.4, 0.5) is 0 Å². The summed E-state index contributed by atoms with van der Waals surface area (Å²) in [5.74, 6) is 0.204. The molecule has 1 atom stereocenters. The lowest BCUT2D eigenvalue weighted by Crippen LogP contribution is -2.29. The first-order chi connectivity index (χ1) is 8.95. The van der Waals surface area contributed by atoms with Gasteiger partial charge in [0.1, 0.15) is 10.0 Å². The Balaban J connectivity index is 2.21. The summed E-state index contributed by atoms with van der Waals surface area (Å²) < 4.78 is 26.1. The van der Waals surface area contributed by atoms with Crippen molar-refractivity contribution in [3.05, 3.63) is 22.4 Å². The zero-order valence-electron chi connectivity index (χ0n) is 10.1. The SMILES string of the molecule is O=S(=O)(c1cnc(Cl)c(Cl)c1)N1CCC(CCO)C1. The molecule has 0 spiro atoms. The predicted molar refractivity (Wildman–Crippen MR) is 72.8 cm³/mol. The summed E-state index contributed by atoms with van der Waals surface area (Å²) in [6.07, 6.45) is 2.59. The van der Waals surface area contributed by atoms with E-state index in [-0.39, 0.29) is 27.6 Å². The summed E-state index contributed by atoms with van der Waals surface area (Å²) in [5, 5.41) is 9.09. The van der Waals surface area contributed by atoms with E-state index in [1.807, 2.05) is 0 Å². The Morgan fingerprint density at radius 3 is 2.84 bits per heavy atom. The summed E-state index contributed by atoms with van der Waals surface area (Å²) >= 11 is 11.5. The first-order valence-corrected chi connectivity index (χ1v) is 8.07. The standard InChI is InChI=1S/C11H14Cl2N2O3S/c12-10-5-9(6-14-11(10)13)19(17,18)15-3-1-8(7-15)2-4-16/h5-6,8,16H,1-4,7H2. The molecule has 106 valence electrons. The topological polar surface area (TPSA) is 70.5 Å². The Kier molecular flexibility index (Phi) is 4.68. The fourth-order valence-corrected chi connectivity index (χ4v) is 3.97. The third-order valence-corrected chi connectivity index (χ3v) is 5.71. The molecular weight excluding hydrogens is 311 g/mol. The van der Waals surface area contributed by atoms with Gasteiger partial charge in [-0.15, -0.1) is 0 Å². The second-order valence-corrected chi connectivity index (χ2v) is 7.18. The highest BCUT2D eigenvalue weighted by molar-refractivity contribution is 7.89. The highest BCUT2D eigenvalue weighted by Crippen LogP contribution is 2.28. The zero-order valence-corrected chi connectivity index (χ0v) is 12.4. The van der Waals surface area contributed by atoms with Gasteiger partial charge in [-0.1, -0.05) is 23.2 Å². The first-order valence-electron chi connectivity index (χ1n) is 5.87. The minimum atomic E-state index is -3.58. The van der Waals surface area contributed by atoms with E-state index in [4.69, 9.17) is 28.3 Å². The molecule has 0 aromatic carbocycles. The number of hydrogen-bond acceptors (Lipinski definition) is 4. The van der Waals surface area contributed by atoms with Gasteiger partial charge in [0.15, 0.2) is 0 Å². The number of halogens is 2. The van der Waals surface area contributed by atoms with Crippen LogP contribution in [0.15, 0.2) is 17.2 Å². The second kappa shape index (κ2) is 5.93. The fourth-order valence-electron chi connectivity index (χ4n) is 2.13. The van der Waals surface area contributed by atoms with Gasteiger partial charge in [0, 0.05) is 25.9 Å². The van der Waals surface area contributed by atoms with Crippen molar-refractivity contribution < 1.29 is 13.5 Å². The van der Waals surface area contributed by atoms with E-state index in [0.717, 1.165) is 6.42 Å². The number of pyridine rings is 1. The van der Waals surface area contributed by atoms with Crippen LogP contribution in [0.2, 0.25) is 10.2 Å². The molecule has 1 aliphatic rings. The van der Waals surface area contributed by atoms with Gasteiger partial charge in [0.05, 0.1) is 5.02 Å². The maximum Gasteiger partial charge on any atom is 0.244 e. The third kappa shape index (κ3) is 3.20. The molecular formula is C11H14Cl2N2O3S. The lowest BCUT2D eigenvalue weighted by molar-refractivity contribution is 0.259. The molecule has 1 unspecified atom stereocenters. The van der Waals surface area contributed by atoms with E-state index >= 15 is 0 Å². The lowest BCUT2D eigenvalue weighted by Gasteiger charge is -2.16. The number of aliphatic hydroxyl groups is 1. The van der Waals surface area contributed by atoms with Crippen molar-refractivity contribution in [3.8, 4) is 0 Å². The Labute approximate surface area is 122 Å².